The molecule has 0 unspecified atom stereocenters. The summed E-state index contributed by atoms with van der Waals surface area (Å²) in [6.07, 6.45) is 1.76. The van der Waals surface area contributed by atoms with Gasteiger partial charge in [0.1, 0.15) is 11.5 Å². The van der Waals surface area contributed by atoms with Gasteiger partial charge in [0.15, 0.2) is 6.79 Å². The summed E-state index contributed by atoms with van der Waals surface area (Å²) in [6, 6.07) is 5.12. The number of ether oxygens (including phenoxy) is 2. The molecular formula is C12H16O4. The smallest absolute Gasteiger partial charge is 0.188 e. The first kappa shape index (κ1) is 11.2. The van der Waals surface area contributed by atoms with Crippen molar-refractivity contribution in [2.45, 2.75) is 18.3 Å². The number of hydrogen-bond donors (Lipinski definition) is 2. The van der Waals surface area contributed by atoms with E-state index in [0.717, 1.165) is 12.8 Å². The van der Waals surface area contributed by atoms with Crippen molar-refractivity contribution in [3.8, 4) is 11.5 Å². The number of aliphatic hydroxyl groups excluding tert-OH is 1. The molecule has 0 aromatic heterocycles. The lowest BCUT2D eigenvalue weighted by Gasteiger charge is -2.18. The van der Waals surface area contributed by atoms with Gasteiger partial charge in [0.25, 0.3) is 0 Å². The van der Waals surface area contributed by atoms with E-state index in [1.54, 1.807) is 25.3 Å². The van der Waals surface area contributed by atoms with E-state index in [2.05, 4.69) is 0 Å². The van der Waals surface area contributed by atoms with Gasteiger partial charge in [-0.15, -0.1) is 0 Å². The highest BCUT2D eigenvalue weighted by Gasteiger charge is 2.47. The Balaban J connectivity index is 2.33. The third-order valence-corrected chi connectivity index (χ3v) is 3.02. The third-order valence-electron chi connectivity index (χ3n) is 3.02. The molecular weight excluding hydrogens is 208 g/mol. The van der Waals surface area contributed by atoms with Crippen molar-refractivity contribution in [3.05, 3.63) is 23.8 Å². The van der Waals surface area contributed by atoms with E-state index in [1.807, 2.05) is 0 Å². The fraction of sp³-hybridized carbons (Fsp3) is 0.500. The van der Waals surface area contributed by atoms with Crippen molar-refractivity contribution in [2.24, 2.45) is 0 Å². The molecule has 1 saturated carbocycles. The van der Waals surface area contributed by atoms with Crippen LogP contribution in [0, 0.1) is 0 Å². The quantitative estimate of drug-likeness (QED) is 0.742. The molecule has 2 N–H and O–H groups in total. The molecule has 0 amide bonds. The molecule has 1 aromatic rings. The van der Waals surface area contributed by atoms with Crippen LogP contribution in [0.2, 0.25) is 0 Å². The van der Waals surface area contributed by atoms with Crippen molar-refractivity contribution >= 4 is 0 Å². The fourth-order valence-corrected chi connectivity index (χ4v) is 1.93. The van der Waals surface area contributed by atoms with E-state index >= 15 is 0 Å². The van der Waals surface area contributed by atoms with E-state index in [9.17, 15) is 10.2 Å². The molecule has 0 spiro atoms. The van der Waals surface area contributed by atoms with Crippen molar-refractivity contribution in [3.63, 3.8) is 0 Å². The Labute approximate surface area is 94.4 Å². The van der Waals surface area contributed by atoms with E-state index in [1.165, 1.54) is 0 Å². The summed E-state index contributed by atoms with van der Waals surface area (Å²) >= 11 is 0. The average Bonchev–Trinajstić information content (AvgIpc) is 3.07. The number of benzene rings is 1. The molecule has 1 fully saturated rings. The first-order valence-corrected chi connectivity index (χ1v) is 5.28. The maximum atomic E-state index is 9.87. The molecule has 0 aliphatic heterocycles. The molecule has 4 heteroatoms. The number of methoxy groups -OCH3 is 1. The zero-order chi connectivity index (χ0) is 11.6. The molecule has 2 rings (SSSR count). The highest BCUT2D eigenvalue weighted by molar-refractivity contribution is 5.51. The second-order valence-corrected chi connectivity index (χ2v) is 4.14. The Morgan fingerprint density at radius 3 is 2.69 bits per heavy atom. The summed E-state index contributed by atoms with van der Waals surface area (Å²) in [4.78, 5) is 0. The predicted octanol–water partition coefficient (Wildman–Crippen LogP) is 1.40. The van der Waals surface area contributed by atoms with Crippen molar-refractivity contribution < 1.29 is 19.7 Å². The topological polar surface area (TPSA) is 58.9 Å². The van der Waals surface area contributed by atoms with Gasteiger partial charge in [-0.1, -0.05) is 6.07 Å². The molecule has 1 aliphatic rings. The van der Waals surface area contributed by atoms with Gasteiger partial charge in [0.05, 0.1) is 6.61 Å². The predicted molar refractivity (Wildman–Crippen MR) is 58.6 cm³/mol. The fourth-order valence-electron chi connectivity index (χ4n) is 1.93. The van der Waals surface area contributed by atoms with Crippen molar-refractivity contribution in [1.29, 1.82) is 0 Å². The van der Waals surface area contributed by atoms with Gasteiger partial charge >= 0.3 is 0 Å². The lowest BCUT2D eigenvalue weighted by atomic mass is 9.95. The van der Waals surface area contributed by atoms with E-state index in [4.69, 9.17) is 9.47 Å². The Morgan fingerprint density at radius 2 is 2.12 bits per heavy atom. The van der Waals surface area contributed by atoms with Gasteiger partial charge in [-0.05, 0) is 25.0 Å². The molecule has 88 valence electrons. The third kappa shape index (κ3) is 1.86. The molecule has 0 saturated heterocycles. The van der Waals surface area contributed by atoms with Gasteiger partial charge in [0.2, 0.25) is 0 Å². The Morgan fingerprint density at radius 1 is 1.38 bits per heavy atom. The summed E-state index contributed by atoms with van der Waals surface area (Å²) in [5, 5.41) is 19.3. The van der Waals surface area contributed by atoms with Crippen LogP contribution in [-0.4, -0.2) is 30.7 Å². The number of phenolic OH excluding ortho intramolecular Hbond substituents is 1. The zero-order valence-electron chi connectivity index (χ0n) is 9.27. The normalized spacial score (nSPS) is 17.1. The minimum atomic E-state index is -0.311. The summed E-state index contributed by atoms with van der Waals surface area (Å²) < 4.78 is 10.2. The number of rotatable bonds is 5. The minimum absolute atomic E-state index is 0.0356. The first-order chi connectivity index (χ1) is 7.73. The lowest BCUT2D eigenvalue weighted by molar-refractivity contribution is 0.0494. The van der Waals surface area contributed by atoms with Crippen LogP contribution in [-0.2, 0) is 10.2 Å². The molecule has 1 aromatic carbocycles. The van der Waals surface area contributed by atoms with Crippen molar-refractivity contribution in [2.75, 3.05) is 20.5 Å². The Kier molecular flexibility index (Phi) is 3.03. The zero-order valence-corrected chi connectivity index (χ0v) is 9.27. The van der Waals surface area contributed by atoms with Gasteiger partial charge in [-0.2, -0.15) is 0 Å². The van der Waals surface area contributed by atoms with Gasteiger partial charge in [-0.3, -0.25) is 0 Å². The van der Waals surface area contributed by atoms with Crippen LogP contribution in [0.25, 0.3) is 0 Å². The molecule has 1 aliphatic carbocycles. The molecule has 0 bridgehead atoms. The highest BCUT2D eigenvalue weighted by atomic mass is 16.7. The summed E-state index contributed by atoms with van der Waals surface area (Å²) in [5.41, 5.74) is 0.392. The van der Waals surface area contributed by atoms with Gasteiger partial charge in [-0.25, -0.2) is 0 Å². The number of aromatic hydroxyl groups is 1. The summed E-state index contributed by atoms with van der Waals surface area (Å²) in [7, 11) is 1.54. The second kappa shape index (κ2) is 4.31. The van der Waals surface area contributed by atoms with E-state index < -0.39 is 0 Å². The summed E-state index contributed by atoms with van der Waals surface area (Å²) in [6.45, 7) is 0.172. The van der Waals surface area contributed by atoms with Crippen LogP contribution in [0.1, 0.15) is 18.4 Å². The largest absolute Gasteiger partial charge is 0.508 e. The number of aliphatic hydroxyl groups is 1. The van der Waals surface area contributed by atoms with Gasteiger partial charge in [0, 0.05) is 18.1 Å². The second-order valence-electron chi connectivity index (χ2n) is 4.14. The van der Waals surface area contributed by atoms with E-state index in [0.29, 0.717) is 11.3 Å². The molecule has 0 radical (unpaired) electrons. The monoisotopic (exact) mass is 224 g/mol. The maximum absolute atomic E-state index is 9.87. The SMILES string of the molecule is COCOc1cccc(O)c1C1(CO)CC1. The highest BCUT2D eigenvalue weighted by Crippen LogP contribution is 2.53. The number of hydrogen-bond acceptors (Lipinski definition) is 4. The maximum Gasteiger partial charge on any atom is 0.188 e. The molecule has 16 heavy (non-hydrogen) atoms. The Bertz CT molecular complexity index is 371. The van der Waals surface area contributed by atoms with Crippen LogP contribution in [0.4, 0.5) is 0 Å². The van der Waals surface area contributed by atoms with E-state index in [-0.39, 0.29) is 24.6 Å². The van der Waals surface area contributed by atoms with Crippen LogP contribution < -0.4 is 4.74 Å². The van der Waals surface area contributed by atoms with Crippen molar-refractivity contribution in [1.82, 2.24) is 0 Å². The van der Waals surface area contributed by atoms with Crippen LogP contribution in [0.5, 0.6) is 11.5 Å². The minimum Gasteiger partial charge on any atom is -0.508 e. The first-order valence-electron chi connectivity index (χ1n) is 5.28. The summed E-state index contributed by atoms with van der Waals surface area (Å²) in [5.74, 6) is 0.772. The molecule has 4 nitrogen and oxygen atoms in total. The average molecular weight is 224 g/mol. The molecule has 0 heterocycles. The molecule has 0 atom stereocenters. The van der Waals surface area contributed by atoms with Crippen LogP contribution in [0.3, 0.4) is 0 Å². The lowest BCUT2D eigenvalue weighted by Crippen LogP contribution is -2.14. The van der Waals surface area contributed by atoms with Crippen LogP contribution >= 0.6 is 0 Å². The number of phenols is 1. The van der Waals surface area contributed by atoms with Crippen LogP contribution in [0.15, 0.2) is 18.2 Å². The van der Waals surface area contributed by atoms with Gasteiger partial charge < -0.3 is 19.7 Å². The standard InChI is InChI=1S/C12H16O4/c1-15-8-16-10-4-2-3-9(14)11(10)12(7-13)5-6-12/h2-4,13-14H,5-8H2,1H3. The Hall–Kier alpha value is -1.26.